The molecule has 1 aromatic carbocycles. The number of pyridine rings is 1. The third kappa shape index (κ3) is 2.36. The molecule has 1 aliphatic heterocycles. The van der Waals surface area contributed by atoms with Gasteiger partial charge in [0.25, 0.3) is 5.91 Å². The molecule has 0 atom stereocenters. The van der Waals surface area contributed by atoms with Crippen LogP contribution < -0.4 is 0 Å². The summed E-state index contributed by atoms with van der Waals surface area (Å²) in [4.78, 5) is 18.9. The monoisotopic (exact) mass is 330 g/mol. The van der Waals surface area contributed by atoms with E-state index < -0.39 is 0 Å². The van der Waals surface area contributed by atoms with Gasteiger partial charge in [0.1, 0.15) is 0 Å². The molecule has 102 valence electrons. The lowest BCUT2D eigenvalue weighted by Crippen LogP contribution is -2.36. The highest BCUT2D eigenvalue weighted by atomic mass is 79.9. The Hall–Kier alpha value is -1.68. The van der Waals surface area contributed by atoms with E-state index in [4.69, 9.17) is 0 Å². The highest BCUT2D eigenvalue weighted by Crippen LogP contribution is 2.25. The summed E-state index contributed by atoms with van der Waals surface area (Å²) in [5.41, 5.74) is 4.07. The van der Waals surface area contributed by atoms with Crippen molar-refractivity contribution in [3.63, 3.8) is 0 Å². The third-order valence-electron chi connectivity index (χ3n) is 3.67. The lowest BCUT2D eigenvalue weighted by Gasteiger charge is -2.28. The molecule has 0 N–H and O–H groups in total. The number of hydrogen-bond acceptors (Lipinski definition) is 2. The van der Waals surface area contributed by atoms with Gasteiger partial charge in [0.05, 0.1) is 5.56 Å². The molecule has 0 fully saturated rings. The minimum absolute atomic E-state index is 0.0788. The first kappa shape index (κ1) is 13.3. The zero-order chi connectivity index (χ0) is 14.1. The zero-order valence-corrected chi connectivity index (χ0v) is 12.9. The minimum atomic E-state index is 0.0788. The molecule has 1 amide bonds. The van der Waals surface area contributed by atoms with Gasteiger partial charge in [0, 0.05) is 35.9 Å². The van der Waals surface area contributed by atoms with Gasteiger partial charge in [-0.25, -0.2) is 0 Å². The van der Waals surface area contributed by atoms with Crippen molar-refractivity contribution < 1.29 is 4.79 Å². The smallest absolute Gasteiger partial charge is 0.255 e. The standard InChI is InChI=1S/C16H15BrN2O/c1-11-4-2-6-13(15(11)17)16(20)19-9-7-14-12(10-19)5-3-8-18-14/h2-6,8H,7,9-10H2,1H3. The molecule has 3 rings (SSSR count). The SMILES string of the molecule is Cc1cccc(C(=O)N2CCc3ncccc3C2)c1Br. The number of aryl methyl sites for hydroxylation is 1. The van der Waals surface area contributed by atoms with Crippen LogP contribution in [0, 0.1) is 6.92 Å². The molecule has 0 saturated carbocycles. The van der Waals surface area contributed by atoms with Crippen LogP contribution in [0.25, 0.3) is 0 Å². The lowest BCUT2D eigenvalue weighted by atomic mass is 10.0. The van der Waals surface area contributed by atoms with Crippen LogP contribution in [0.3, 0.4) is 0 Å². The van der Waals surface area contributed by atoms with Crippen LogP contribution in [0.15, 0.2) is 41.0 Å². The highest BCUT2D eigenvalue weighted by Gasteiger charge is 2.23. The Bertz CT molecular complexity index is 669. The van der Waals surface area contributed by atoms with Gasteiger partial charge >= 0.3 is 0 Å². The number of halogens is 1. The highest BCUT2D eigenvalue weighted by molar-refractivity contribution is 9.10. The van der Waals surface area contributed by atoms with Crippen molar-refractivity contribution in [2.24, 2.45) is 0 Å². The van der Waals surface area contributed by atoms with Crippen molar-refractivity contribution in [1.29, 1.82) is 0 Å². The van der Waals surface area contributed by atoms with Crippen LogP contribution in [0.2, 0.25) is 0 Å². The second-order valence-corrected chi connectivity index (χ2v) is 5.82. The van der Waals surface area contributed by atoms with Crippen molar-refractivity contribution >= 4 is 21.8 Å². The van der Waals surface area contributed by atoms with E-state index in [1.54, 1.807) is 0 Å². The summed E-state index contributed by atoms with van der Waals surface area (Å²) in [6.07, 6.45) is 2.64. The van der Waals surface area contributed by atoms with Gasteiger partial charge in [-0.3, -0.25) is 9.78 Å². The molecule has 1 aliphatic rings. The molecular formula is C16H15BrN2O. The predicted octanol–water partition coefficient (Wildman–Crippen LogP) is 3.35. The predicted molar refractivity (Wildman–Crippen MR) is 81.6 cm³/mol. The molecule has 2 aromatic rings. The molecule has 20 heavy (non-hydrogen) atoms. The van der Waals surface area contributed by atoms with Crippen LogP contribution in [0.1, 0.15) is 27.2 Å². The average molecular weight is 331 g/mol. The Labute approximate surface area is 126 Å². The summed E-state index contributed by atoms with van der Waals surface area (Å²) < 4.78 is 0.891. The molecule has 4 heteroatoms. The van der Waals surface area contributed by atoms with Crippen LogP contribution in [-0.4, -0.2) is 22.3 Å². The number of carbonyl (C=O) groups is 1. The number of carbonyl (C=O) groups excluding carboxylic acids is 1. The quantitative estimate of drug-likeness (QED) is 0.803. The molecule has 2 heterocycles. The number of amides is 1. The van der Waals surface area contributed by atoms with Crippen molar-refractivity contribution in [1.82, 2.24) is 9.88 Å². The van der Waals surface area contributed by atoms with E-state index in [2.05, 4.69) is 20.9 Å². The largest absolute Gasteiger partial charge is 0.334 e. The molecule has 0 bridgehead atoms. The van der Waals surface area contributed by atoms with Gasteiger partial charge in [0.15, 0.2) is 0 Å². The molecule has 0 spiro atoms. The Morgan fingerprint density at radius 3 is 3.00 bits per heavy atom. The summed E-state index contributed by atoms with van der Waals surface area (Å²) in [5, 5.41) is 0. The van der Waals surface area contributed by atoms with E-state index in [-0.39, 0.29) is 5.91 Å². The second-order valence-electron chi connectivity index (χ2n) is 5.02. The third-order valence-corrected chi connectivity index (χ3v) is 4.73. The first-order valence-corrected chi connectivity index (χ1v) is 7.43. The molecular weight excluding hydrogens is 316 g/mol. The van der Waals surface area contributed by atoms with Gasteiger partial charge in [-0.2, -0.15) is 0 Å². The molecule has 0 radical (unpaired) electrons. The number of fused-ring (bicyclic) bond motifs is 1. The Kier molecular flexibility index (Phi) is 3.57. The maximum Gasteiger partial charge on any atom is 0.255 e. The van der Waals surface area contributed by atoms with E-state index in [1.807, 2.05) is 48.4 Å². The first-order valence-electron chi connectivity index (χ1n) is 6.64. The van der Waals surface area contributed by atoms with Crippen LogP contribution in [-0.2, 0) is 13.0 Å². The van der Waals surface area contributed by atoms with Gasteiger partial charge < -0.3 is 4.90 Å². The van der Waals surface area contributed by atoms with Gasteiger partial charge in [0.2, 0.25) is 0 Å². The summed E-state index contributed by atoms with van der Waals surface area (Å²) in [6.45, 7) is 3.36. The Morgan fingerprint density at radius 2 is 2.15 bits per heavy atom. The first-order chi connectivity index (χ1) is 9.66. The molecule has 1 aromatic heterocycles. The number of aromatic nitrogens is 1. The average Bonchev–Trinajstić information content (AvgIpc) is 2.49. The molecule has 0 saturated heterocycles. The molecule has 3 nitrogen and oxygen atoms in total. The normalized spacial score (nSPS) is 14.0. The van der Waals surface area contributed by atoms with Gasteiger partial charge in [-0.15, -0.1) is 0 Å². The fourth-order valence-corrected chi connectivity index (χ4v) is 2.96. The van der Waals surface area contributed by atoms with Crippen LogP contribution >= 0.6 is 15.9 Å². The van der Waals surface area contributed by atoms with Crippen molar-refractivity contribution in [3.8, 4) is 0 Å². The van der Waals surface area contributed by atoms with Gasteiger partial charge in [-0.05, 0) is 46.1 Å². The zero-order valence-electron chi connectivity index (χ0n) is 11.3. The van der Waals surface area contributed by atoms with E-state index in [9.17, 15) is 4.79 Å². The van der Waals surface area contributed by atoms with Crippen LogP contribution in [0.5, 0.6) is 0 Å². The van der Waals surface area contributed by atoms with E-state index in [0.717, 1.165) is 39.8 Å². The van der Waals surface area contributed by atoms with Crippen molar-refractivity contribution in [2.45, 2.75) is 19.9 Å². The minimum Gasteiger partial charge on any atom is -0.334 e. The summed E-state index contributed by atoms with van der Waals surface area (Å²) in [5.74, 6) is 0.0788. The fraction of sp³-hybridized carbons (Fsp3) is 0.250. The summed E-state index contributed by atoms with van der Waals surface area (Å²) in [7, 11) is 0. The van der Waals surface area contributed by atoms with Crippen molar-refractivity contribution in [3.05, 3.63) is 63.4 Å². The van der Waals surface area contributed by atoms with E-state index in [0.29, 0.717) is 6.54 Å². The summed E-state index contributed by atoms with van der Waals surface area (Å²) in [6, 6.07) is 9.77. The fourth-order valence-electron chi connectivity index (χ4n) is 2.52. The summed E-state index contributed by atoms with van der Waals surface area (Å²) >= 11 is 3.52. The number of benzene rings is 1. The Morgan fingerprint density at radius 1 is 1.30 bits per heavy atom. The van der Waals surface area contributed by atoms with Crippen LogP contribution in [0.4, 0.5) is 0 Å². The Balaban J connectivity index is 1.88. The number of rotatable bonds is 1. The molecule has 0 aliphatic carbocycles. The second kappa shape index (κ2) is 5.37. The van der Waals surface area contributed by atoms with E-state index in [1.165, 1.54) is 0 Å². The van der Waals surface area contributed by atoms with Gasteiger partial charge in [-0.1, -0.05) is 18.2 Å². The van der Waals surface area contributed by atoms with E-state index >= 15 is 0 Å². The number of nitrogens with zero attached hydrogens (tertiary/aromatic N) is 2. The molecule has 0 unspecified atom stereocenters. The van der Waals surface area contributed by atoms with Crippen molar-refractivity contribution in [2.75, 3.05) is 6.54 Å². The number of hydrogen-bond donors (Lipinski definition) is 0. The maximum atomic E-state index is 12.7. The topological polar surface area (TPSA) is 33.2 Å². The lowest BCUT2D eigenvalue weighted by molar-refractivity contribution is 0.0732. The maximum absolute atomic E-state index is 12.7.